The summed E-state index contributed by atoms with van der Waals surface area (Å²) < 4.78 is 0. The molecule has 0 radical (unpaired) electrons. The Hall–Kier alpha value is -4.98. The van der Waals surface area contributed by atoms with Crippen molar-refractivity contribution >= 4 is 23.2 Å². The molecule has 0 bridgehead atoms. The molecule has 8 heteroatoms. The van der Waals surface area contributed by atoms with Crippen molar-refractivity contribution in [3.63, 3.8) is 0 Å². The summed E-state index contributed by atoms with van der Waals surface area (Å²) >= 11 is 0. The van der Waals surface area contributed by atoms with Crippen molar-refractivity contribution in [2.45, 2.75) is 25.7 Å². The fourth-order valence-electron chi connectivity index (χ4n) is 3.71. The summed E-state index contributed by atoms with van der Waals surface area (Å²) in [7, 11) is 0. The van der Waals surface area contributed by atoms with Gasteiger partial charge in [0.2, 0.25) is 11.8 Å². The lowest BCUT2D eigenvalue weighted by molar-refractivity contribution is -0.123. The largest absolute Gasteiger partial charge is 0.273 e. The highest BCUT2D eigenvalue weighted by Gasteiger charge is 2.10. The zero-order valence-electron chi connectivity index (χ0n) is 20.8. The van der Waals surface area contributed by atoms with Crippen molar-refractivity contribution in [3.8, 4) is 0 Å². The Morgan fingerprint density at radius 2 is 0.947 bits per heavy atom. The molecule has 0 saturated carbocycles. The van der Waals surface area contributed by atoms with Gasteiger partial charge in [0, 0.05) is 59.9 Å². The molecule has 4 rings (SSSR count). The maximum absolute atomic E-state index is 12.4. The van der Waals surface area contributed by atoms with Crippen LogP contribution in [0.5, 0.6) is 0 Å². The third kappa shape index (κ3) is 7.76. The lowest BCUT2D eigenvalue weighted by Crippen LogP contribution is -2.21. The molecule has 38 heavy (non-hydrogen) atoms. The Bertz CT molecular complexity index is 1180. The van der Waals surface area contributed by atoms with E-state index < -0.39 is 0 Å². The van der Waals surface area contributed by atoms with E-state index in [1.165, 1.54) is 0 Å². The number of carbonyl (C=O) groups excluding carboxylic acids is 2. The second-order valence-electron chi connectivity index (χ2n) is 8.41. The number of carbonyl (C=O) groups is 2. The van der Waals surface area contributed by atoms with Crippen molar-refractivity contribution in [1.29, 1.82) is 0 Å². The van der Waals surface area contributed by atoms with E-state index in [2.05, 4.69) is 31.0 Å². The highest BCUT2D eigenvalue weighted by Crippen LogP contribution is 2.11. The van der Waals surface area contributed by atoms with Gasteiger partial charge in [0.25, 0.3) is 0 Å². The number of pyridine rings is 2. The molecule has 2 aromatic carbocycles. The summed E-state index contributed by atoms with van der Waals surface area (Å²) in [6, 6.07) is 26.6. The van der Waals surface area contributed by atoms with Crippen molar-refractivity contribution in [2.24, 2.45) is 10.2 Å². The summed E-state index contributed by atoms with van der Waals surface area (Å²) in [5.74, 6) is -0.438. The maximum atomic E-state index is 12.4. The van der Waals surface area contributed by atoms with Gasteiger partial charge in [-0.25, -0.2) is 10.9 Å². The van der Waals surface area contributed by atoms with Crippen LogP contribution in [-0.4, -0.2) is 33.2 Å². The van der Waals surface area contributed by atoms with E-state index in [1.54, 1.807) is 24.8 Å². The molecule has 0 atom stereocenters. The minimum Gasteiger partial charge on any atom is -0.273 e. The molecule has 0 aliphatic carbocycles. The normalized spacial score (nSPS) is 11.6. The first-order valence-corrected chi connectivity index (χ1v) is 12.4. The molecule has 190 valence electrons. The number of rotatable bonds is 11. The second kappa shape index (κ2) is 13.9. The fraction of sp³-hybridized carbons (Fsp3) is 0.133. The molecule has 0 aliphatic heterocycles. The topological polar surface area (TPSA) is 109 Å². The summed E-state index contributed by atoms with van der Waals surface area (Å²) in [6.07, 6.45) is 8.37. The SMILES string of the molecule is O=C(CCCCC(=O)N/N=C(\c1ccccc1)c1cccnc1)N/N=C(\c1ccccc1)c1cccnc1. The van der Waals surface area contributed by atoms with Crippen LogP contribution in [0.2, 0.25) is 0 Å². The standard InChI is InChI=1S/C30H28N6O2/c37-27(33-35-29(23-11-3-1-4-12-23)25-15-9-19-31-21-25)17-7-8-18-28(38)34-36-30(24-13-5-2-6-14-24)26-16-10-20-32-22-26/h1-6,9-16,19-22H,7-8,17-18H2,(H,33,37)(H,34,38)/b35-29+,36-30+. The van der Waals surface area contributed by atoms with E-state index >= 15 is 0 Å². The molecular formula is C30H28N6O2. The van der Waals surface area contributed by atoms with Gasteiger partial charge >= 0.3 is 0 Å². The third-order valence-corrected chi connectivity index (χ3v) is 5.61. The Labute approximate surface area is 221 Å². The molecule has 2 N–H and O–H groups in total. The Morgan fingerprint density at radius 1 is 0.553 bits per heavy atom. The molecule has 2 heterocycles. The average molecular weight is 505 g/mol. The summed E-state index contributed by atoms with van der Waals surface area (Å²) in [5, 5.41) is 8.72. The average Bonchev–Trinajstić information content (AvgIpc) is 2.98. The van der Waals surface area contributed by atoms with Crippen LogP contribution in [0.1, 0.15) is 47.9 Å². The Morgan fingerprint density at radius 3 is 1.32 bits per heavy atom. The Balaban J connectivity index is 1.28. The van der Waals surface area contributed by atoms with Gasteiger partial charge in [-0.3, -0.25) is 19.6 Å². The smallest absolute Gasteiger partial charge is 0.240 e. The van der Waals surface area contributed by atoms with Crippen LogP contribution in [0.25, 0.3) is 0 Å². The molecule has 0 fully saturated rings. The quantitative estimate of drug-likeness (QED) is 0.178. The highest BCUT2D eigenvalue weighted by molar-refractivity contribution is 6.13. The van der Waals surface area contributed by atoms with E-state index in [9.17, 15) is 9.59 Å². The van der Waals surface area contributed by atoms with Gasteiger partial charge < -0.3 is 0 Å². The number of hydrogen-bond donors (Lipinski definition) is 2. The molecule has 8 nitrogen and oxygen atoms in total. The minimum absolute atomic E-state index is 0.219. The molecule has 4 aromatic rings. The number of amides is 2. The van der Waals surface area contributed by atoms with Crippen LogP contribution in [0, 0.1) is 0 Å². The Kier molecular flexibility index (Phi) is 9.57. The molecule has 2 amide bonds. The van der Waals surface area contributed by atoms with Gasteiger partial charge in [-0.15, -0.1) is 0 Å². The zero-order chi connectivity index (χ0) is 26.4. The summed E-state index contributed by atoms with van der Waals surface area (Å²) in [5.41, 5.74) is 9.89. The van der Waals surface area contributed by atoms with Gasteiger partial charge in [-0.05, 0) is 37.1 Å². The number of hydrogen-bond acceptors (Lipinski definition) is 6. The van der Waals surface area contributed by atoms with E-state index in [-0.39, 0.29) is 24.7 Å². The van der Waals surface area contributed by atoms with Gasteiger partial charge in [-0.1, -0.05) is 60.7 Å². The van der Waals surface area contributed by atoms with Crippen molar-refractivity contribution < 1.29 is 9.59 Å². The van der Waals surface area contributed by atoms with Gasteiger partial charge in [-0.2, -0.15) is 10.2 Å². The number of unbranched alkanes of at least 4 members (excludes halogenated alkanes) is 1. The fourth-order valence-corrected chi connectivity index (χ4v) is 3.71. The second-order valence-corrected chi connectivity index (χ2v) is 8.41. The van der Waals surface area contributed by atoms with Crippen LogP contribution in [0.3, 0.4) is 0 Å². The van der Waals surface area contributed by atoms with Crippen molar-refractivity contribution in [1.82, 2.24) is 20.8 Å². The van der Waals surface area contributed by atoms with Gasteiger partial charge in [0.1, 0.15) is 0 Å². The van der Waals surface area contributed by atoms with E-state index in [4.69, 9.17) is 0 Å². The van der Waals surface area contributed by atoms with Gasteiger partial charge in [0.15, 0.2) is 0 Å². The summed E-state index contributed by atoms with van der Waals surface area (Å²) in [4.78, 5) is 33.1. The molecule has 0 spiro atoms. The molecule has 2 aromatic heterocycles. The predicted octanol–water partition coefficient (Wildman–Crippen LogP) is 4.47. The first-order chi connectivity index (χ1) is 18.7. The number of hydrazone groups is 2. The highest BCUT2D eigenvalue weighted by atomic mass is 16.2. The van der Waals surface area contributed by atoms with E-state index in [1.807, 2.05) is 84.9 Å². The monoisotopic (exact) mass is 504 g/mol. The minimum atomic E-state index is -0.219. The van der Waals surface area contributed by atoms with Crippen LogP contribution in [0.4, 0.5) is 0 Å². The van der Waals surface area contributed by atoms with E-state index in [0.717, 1.165) is 22.3 Å². The van der Waals surface area contributed by atoms with Crippen molar-refractivity contribution in [2.75, 3.05) is 0 Å². The predicted molar refractivity (Wildman–Crippen MR) is 147 cm³/mol. The van der Waals surface area contributed by atoms with Gasteiger partial charge in [0.05, 0.1) is 11.4 Å². The van der Waals surface area contributed by atoms with Crippen molar-refractivity contribution in [3.05, 3.63) is 132 Å². The zero-order valence-corrected chi connectivity index (χ0v) is 20.8. The number of nitrogens with zero attached hydrogens (tertiary/aromatic N) is 4. The number of aromatic nitrogens is 2. The van der Waals surface area contributed by atoms with Crippen LogP contribution in [0.15, 0.2) is 120 Å². The number of nitrogens with one attached hydrogen (secondary N) is 2. The molecule has 0 aliphatic rings. The molecule has 0 unspecified atom stereocenters. The number of benzene rings is 2. The summed E-state index contributed by atoms with van der Waals surface area (Å²) in [6.45, 7) is 0. The van der Waals surface area contributed by atoms with Crippen LogP contribution < -0.4 is 10.9 Å². The lowest BCUT2D eigenvalue weighted by Gasteiger charge is -2.08. The third-order valence-electron chi connectivity index (χ3n) is 5.61. The molecule has 0 saturated heterocycles. The first-order valence-electron chi connectivity index (χ1n) is 12.4. The van der Waals surface area contributed by atoms with Crippen LogP contribution in [-0.2, 0) is 9.59 Å². The maximum Gasteiger partial charge on any atom is 0.240 e. The van der Waals surface area contributed by atoms with Crippen LogP contribution >= 0.6 is 0 Å². The van der Waals surface area contributed by atoms with E-state index in [0.29, 0.717) is 24.3 Å². The lowest BCUT2D eigenvalue weighted by atomic mass is 10.0. The first kappa shape index (κ1) is 26.1. The molecular weight excluding hydrogens is 476 g/mol.